The van der Waals surface area contributed by atoms with E-state index >= 15 is 0 Å². The van der Waals surface area contributed by atoms with Gasteiger partial charge in [0.2, 0.25) is 0 Å². The molecule has 216 valence electrons. The zero-order chi connectivity index (χ0) is 30.6. The molecule has 3 aliphatic carbocycles. The molecule has 0 aliphatic heterocycles. The Kier molecular flexibility index (Phi) is 5.02. The second-order valence-corrected chi connectivity index (χ2v) is 13.3. The normalized spacial score (nSPS) is 18.0. The van der Waals surface area contributed by atoms with Crippen molar-refractivity contribution in [2.24, 2.45) is 0 Å². The molecule has 3 aliphatic rings. The maximum Gasteiger partial charge on any atom is 0.0971 e. The Bertz CT molecular complexity index is 2450. The predicted octanol–water partition coefficient (Wildman–Crippen LogP) is 10.5. The molecule has 2 aromatic heterocycles. The van der Waals surface area contributed by atoms with Crippen molar-refractivity contribution in [3.8, 4) is 33.4 Å². The van der Waals surface area contributed by atoms with Crippen molar-refractivity contribution in [3.63, 3.8) is 0 Å². The van der Waals surface area contributed by atoms with Crippen LogP contribution in [-0.2, 0) is 10.8 Å². The van der Waals surface area contributed by atoms with Crippen LogP contribution in [0.25, 0.3) is 55.6 Å². The highest BCUT2D eigenvalue weighted by molar-refractivity contribution is 6.15. The van der Waals surface area contributed by atoms with Crippen LogP contribution in [0.15, 0.2) is 146 Å². The summed E-state index contributed by atoms with van der Waals surface area (Å²) in [6.07, 6.45) is 3.85. The van der Waals surface area contributed by atoms with Gasteiger partial charge in [0.25, 0.3) is 0 Å². The van der Waals surface area contributed by atoms with Gasteiger partial charge in [0.05, 0.1) is 16.4 Å². The summed E-state index contributed by atoms with van der Waals surface area (Å²) < 4.78 is 0. The summed E-state index contributed by atoms with van der Waals surface area (Å²) in [4.78, 5) is 9.80. The van der Waals surface area contributed by atoms with E-state index in [0.717, 1.165) is 33.3 Å². The summed E-state index contributed by atoms with van der Waals surface area (Å²) >= 11 is 0. The first-order chi connectivity index (χ1) is 22.6. The van der Waals surface area contributed by atoms with Crippen LogP contribution in [0, 0.1) is 0 Å². The Morgan fingerprint density at radius 1 is 0.391 bits per heavy atom. The van der Waals surface area contributed by atoms with Gasteiger partial charge in [-0.1, -0.05) is 129 Å². The fourth-order valence-electron chi connectivity index (χ4n) is 8.99. The molecule has 1 atom stereocenters. The van der Waals surface area contributed by atoms with Crippen LogP contribution in [0.3, 0.4) is 0 Å². The van der Waals surface area contributed by atoms with E-state index in [1.807, 2.05) is 12.4 Å². The molecule has 2 nitrogen and oxygen atoms in total. The van der Waals surface area contributed by atoms with Crippen LogP contribution in [0.4, 0.5) is 0 Å². The van der Waals surface area contributed by atoms with Gasteiger partial charge in [-0.05, 0) is 85.0 Å². The average Bonchev–Trinajstić information content (AvgIpc) is 3.68. The smallest absolute Gasteiger partial charge is 0.0971 e. The van der Waals surface area contributed by atoms with Crippen molar-refractivity contribution in [1.82, 2.24) is 9.97 Å². The minimum atomic E-state index is -0.413. The molecule has 1 unspecified atom stereocenters. The van der Waals surface area contributed by atoms with Gasteiger partial charge >= 0.3 is 0 Å². The number of fused-ring (bicyclic) bond motifs is 12. The van der Waals surface area contributed by atoms with E-state index in [-0.39, 0.29) is 5.41 Å². The number of aromatic nitrogens is 2. The second-order valence-electron chi connectivity index (χ2n) is 13.3. The molecule has 7 aromatic rings. The molecule has 0 N–H and O–H groups in total. The predicted molar refractivity (Wildman–Crippen MR) is 188 cm³/mol. The SMILES string of the molecule is CC1(C)C2=C(c3ccccc31)C1(c3ccccc32)c2ccccc2-c2ccc(-c3ccnc4c(-c5ccccc5)ccnc34)cc21. The number of benzene rings is 5. The third-order valence-electron chi connectivity index (χ3n) is 10.8. The lowest BCUT2D eigenvalue weighted by Crippen LogP contribution is -2.27. The van der Waals surface area contributed by atoms with Gasteiger partial charge in [-0.2, -0.15) is 0 Å². The fraction of sp³-hybridized carbons (Fsp3) is 0.0909. The summed E-state index contributed by atoms with van der Waals surface area (Å²) in [5.41, 5.74) is 19.6. The molecule has 0 fully saturated rings. The van der Waals surface area contributed by atoms with Crippen molar-refractivity contribution in [2.75, 3.05) is 0 Å². The third kappa shape index (κ3) is 3.06. The molecule has 0 bridgehead atoms. The number of nitrogens with zero attached hydrogens (tertiary/aromatic N) is 2. The summed E-state index contributed by atoms with van der Waals surface area (Å²) in [6.45, 7) is 4.81. The lowest BCUT2D eigenvalue weighted by atomic mass is 9.67. The first-order valence-electron chi connectivity index (χ1n) is 16.1. The van der Waals surface area contributed by atoms with Crippen molar-refractivity contribution < 1.29 is 0 Å². The number of allylic oxidation sites excluding steroid dienone is 2. The minimum absolute atomic E-state index is 0.111. The molecule has 5 aromatic carbocycles. The van der Waals surface area contributed by atoms with Crippen LogP contribution >= 0.6 is 0 Å². The number of hydrogen-bond donors (Lipinski definition) is 0. The van der Waals surface area contributed by atoms with Gasteiger partial charge in [-0.25, -0.2) is 0 Å². The Labute approximate surface area is 268 Å². The zero-order valence-corrected chi connectivity index (χ0v) is 25.8. The molecular formula is C44H30N2. The van der Waals surface area contributed by atoms with E-state index in [2.05, 4.69) is 147 Å². The first-order valence-corrected chi connectivity index (χ1v) is 16.1. The monoisotopic (exact) mass is 586 g/mol. The molecule has 10 rings (SSSR count). The van der Waals surface area contributed by atoms with E-state index in [0.29, 0.717) is 0 Å². The van der Waals surface area contributed by atoms with E-state index in [4.69, 9.17) is 9.97 Å². The molecule has 0 radical (unpaired) electrons. The highest BCUT2D eigenvalue weighted by atomic mass is 14.7. The van der Waals surface area contributed by atoms with Crippen LogP contribution in [0.5, 0.6) is 0 Å². The first kappa shape index (κ1) is 25.7. The minimum Gasteiger partial charge on any atom is -0.254 e. The molecule has 2 heterocycles. The molecule has 0 amide bonds. The van der Waals surface area contributed by atoms with Crippen molar-refractivity contribution in [3.05, 3.63) is 179 Å². The Balaban J connectivity index is 1.29. The van der Waals surface area contributed by atoms with E-state index in [1.54, 1.807) is 0 Å². The quantitative estimate of drug-likeness (QED) is 0.201. The highest BCUT2D eigenvalue weighted by Gasteiger charge is 2.58. The van der Waals surface area contributed by atoms with E-state index in [9.17, 15) is 0 Å². The maximum atomic E-state index is 4.93. The summed E-state index contributed by atoms with van der Waals surface area (Å²) in [7, 11) is 0. The largest absolute Gasteiger partial charge is 0.254 e. The molecular weight excluding hydrogens is 556 g/mol. The Morgan fingerprint density at radius 3 is 1.61 bits per heavy atom. The summed E-state index contributed by atoms with van der Waals surface area (Å²) in [5.74, 6) is 0. The second kappa shape index (κ2) is 8.99. The standard InChI is InChI=1S/C44H30N2/c1-43(2)35-17-9-7-15-33(35)40-39(43)34-16-8-11-19-37(34)44(40)36-18-10-6-14-31(36)32-21-20-28(26-38(32)44)30-23-25-45-41-29(22-24-46-42(30)41)27-12-4-3-5-13-27/h3-26H,1-2H3. The van der Waals surface area contributed by atoms with Crippen molar-refractivity contribution in [2.45, 2.75) is 24.7 Å². The Morgan fingerprint density at radius 2 is 0.913 bits per heavy atom. The van der Waals surface area contributed by atoms with E-state index < -0.39 is 5.41 Å². The Hall–Kier alpha value is -5.60. The van der Waals surface area contributed by atoms with Gasteiger partial charge in [-0.15, -0.1) is 0 Å². The fourth-order valence-corrected chi connectivity index (χ4v) is 8.99. The number of pyridine rings is 2. The summed E-state index contributed by atoms with van der Waals surface area (Å²) in [6, 6.07) is 49.1. The average molecular weight is 587 g/mol. The van der Waals surface area contributed by atoms with E-state index in [1.165, 1.54) is 55.7 Å². The number of rotatable bonds is 2. The van der Waals surface area contributed by atoms with Gasteiger partial charge in [0.1, 0.15) is 0 Å². The molecule has 1 spiro atoms. The van der Waals surface area contributed by atoms with Crippen LogP contribution in [0.2, 0.25) is 0 Å². The van der Waals surface area contributed by atoms with Crippen LogP contribution < -0.4 is 0 Å². The van der Waals surface area contributed by atoms with Crippen molar-refractivity contribution in [1.29, 1.82) is 0 Å². The highest BCUT2D eigenvalue weighted by Crippen LogP contribution is 2.70. The summed E-state index contributed by atoms with van der Waals surface area (Å²) in [5, 5.41) is 0. The van der Waals surface area contributed by atoms with Gasteiger partial charge < -0.3 is 0 Å². The zero-order valence-electron chi connectivity index (χ0n) is 25.8. The van der Waals surface area contributed by atoms with Crippen LogP contribution in [-0.4, -0.2) is 9.97 Å². The van der Waals surface area contributed by atoms with Gasteiger partial charge in [-0.3, -0.25) is 9.97 Å². The van der Waals surface area contributed by atoms with Gasteiger partial charge in [0.15, 0.2) is 0 Å². The molecule has 46 heavy (non-hydrogen) atoms. The van der Waals surface area contributed by atoms with Crippen molar-refractivity contribution >= 4 is 22.2 Å². The lowest BCUT2D eigenvalue weighted by Gasteiger charge is -2.33. The third-order valence-corrected chi connectivity index (χ3v) is 10.8. The number of hydrogen-bond acceptors (Lipinski definition) is 2. The molecule has 0 saturated carbocycles. The molecule has 2 heteroatoms. The lowest BCUT2D eigenvalue weighted by molar-refractivity contribution is 0.703. The maximum absolute atomic E-state index is 4.93. The van der Waals surface area contributed by atoms with Gasteiger partial charge in [0, 0.05) is 28.9 Å². The molecule has 0 saturated heterocycles. The van der Waals surface area contributed by atoms with Crippen LogP contribution in [0.1, 0.15) is 47.2 Å². The topological polar surface area (TPSA) is 25.8 Å².